The van der Waals surface area contributed by atoms with Gasteiger partial charge in [-0.1, -0.05) is 0 Å². The van der Waals surface area contributed by atoms with Crippen LogP contribution in [0.25, 0.3) is 0 Å². The van der Waals surface area contributed by atoms with E-state index in [0.29, 0.717) is 5.13 Å². The van der Waals surface area contributed by atoms with Crippen molar-refractivity contribution in [2.45, 2.75) is 23.5 Å². The van der Waals surface area contributed by atoms with Crippen LogP contribution in [-0.2, 0) is 24.3 Å². The zero-order valence-corrected chi connectivity index (χ0v) is 16.0. The van der Waals surface area contributed by atoms with E-state index >= 15 is 0 Å². The van der Waals surface area contributed by atoms with Gasteiger partial charge in [-0.05, 0) is 24.3 Å². The number of nitrogens with one attached hydrogen (secondary N) is 1. The third-order valence-electron chi connectivity index (χ3n) is 3.95. The third kappa shape index (κ3) is 4.52. The van der Waals surface area contributed by atoms with Crippen molar-refractivity contribution in [2.75, 3.05) is 18.5 Å². The van der Waals surface area contributed by atoms with E-state index in [2.05, 4.69) is 10.3 Å². The molecule has 0 unspecified atom stereocenters. The van der Waals surface area contributed by atoms with Crippen LogP contribution in [0.1, 0.15) is 6.42 Å². The van der Waals surface area contributed by atoms with Gasteiger partial charge in [-0.25, -0.2) is 17.8 Å². The first-order valence-electron chi connectivity index (χ1n) is 8.09. The molecule has 0 aliphatic carbocycles. The summed E-state index contributed by atoms with van der Waals surface area (Å²) in [4.78, 5) is 27.8. The number of hydrogen-bond acceptors (Lipinski definition) is 8. The lowest BCUT2D eigenvalue weighted by Gasteiger charge is -2.22. The molecule has 0 bridgehead atoms. The zero-order valence-electron chi connectivity index (χ0n) is 14.3. The van der Waals surface area contributed by atoms with Crippen molar-refractivity contribution in [3.63, 3.8) is 0 Å². The maximum absolute atomic E-state index is 13.1. The predicted octanol–water partition coefficient (Wildman–Crippen LogP) is 0.588. The van der Waals surface area contributed by atoms with Crippen LogP contribution >= 0.6 is 11.3 Å². The molecule has 0 saturated carbocycles. The van der Waals surface area contributed by atoms with Gasteiger partial charge in [-0.15, -0.1) is 11.3 Å². The van der Waals surface area contributed by atoms with Gasteiger partial charge in [-0.3, -0.25) is 14.9 Å². The second-order valence-electron chi connectivity index (χ2n) is 5.93. The molecule has 2 aromatic rings. The van der Waals surface area contributed by atoms with Gasteiger partial charge in [0.15, 0.2) is 11.7 Å². The van der Waals surface area contributed by atoms with Crippen molar-refractivity contribution in [3.8, 4) is 0 Å². The van der Waals surface area contributed by atoms with Crippen molar-refractivity contribution in [1.29, 1.82) is 0 Å². The summed E-state index contributed by atoms with van der Waals surface area (Å²) in [6.45, 7) is -0.944. The number of carbonyl (C=O) groups excluding carboxylic acids is 2. The van der Waals surface area contributed by atoms with E-state index in [1.165, 1.54) is 17.5 Å². The average Bonchev–Trinajstić information content (AvgIpc) is 3.30. The van der Waals surface area contributed by atoms with Crippen LogP contribution in [0.15, 0.2) is 40.7 Å². The SMILES string of the molecule is O=C(COC(=O)[C@H]1C[C@H](O)CN1S(=O)(=O)c1ccc(F)cc1)Nc1nccs1. The number of thiazole rings is 1. The highest BCUT2D eigenvalue weighted by Gasteiger charge is 2.44. The fourth-order valence-electron chi connectivity index (χ4n) is 2.68. The van der Waals surface area contributed by atoms with Crippen molar-refractivity contribution < 1.29 is 32.2 Å². The number of halogens is 1. The van der Waals surface area contributed by atoms with E-state index in [1.54, 1.807) is 5.38 Å². The smallest absolute Gasteiger partial charge is 0.325 e. The fraction of sp³-hybridized carbons (Fsp3) is 0.312. The molecule has 1 aromatic heterocycles. The summed E-state index contributed by atoms with van der Waals surface area (Å²) in [5.74, 6) is -2.20. The first-order valence-corrected chi connectivity index (χ1v) is 10.4. The molecule has 1 aromatic carbocycles. The van der Waals surface area contributed by atoms with Crippen LogP contribution < -0.4 is 5.32 Å². The van der Waals surface area contributed by atoms with Gasteiger partial charge in [-0.2, -0.15) is 4.31 Å². The van der Waals surface area contributed by atoms with Crippen molar-refractivity contribution >= 4 is 38.4 Å². The number of sulfonamides is 1. The molecule has 2 atom stereocenters. The van der Waals surface area contributed by atoms with Crippen LogP contribution in [0.5, 0.6) is 0 Å². The minimum Gasteiger partial charge on any atom is -0.454 e. The Balaban J connectivity index is 1.68. The molecule has 1 fully saturated rings. The topological polar surface area (TPSA) is 126 Å². The first-order chi connectivity index (χ1) is 13.3. The summed E-state index contributed by atoms with van der Waals surface area (Å²) in [5.41, 5.74) is 0. The zero-order chi connectivity index (χ0) is 20.3. The van der Waals surface area contributed by atoms with Gasteiger partial charge in [0.2, 0.25) is 10.0 Å². The van der Waals surface area contributed by atoms with Crippen LogP contribution in [0.3, 0.4) is 0 Å². The van der Waals surface area contributed by atoms with Gasteiger partial charge in [0, 0.05) is 24.5 Å². The lowest BCUT2D eigenvalue weighted by Crippen LogP contribution is -2.42. The number of carbonyl (C=O) groups is 2. The van der Waals surface area contributed by atoms with Gasteiger partial charge in [0.25, 0.3) is 5.91 Å². The monoisotopic (exact) mass is 429 g/mol. The van der Waals surface area contributed by atoms with Gasteiger partial charge in [0.1, 0.15) is 11.9 Å². The second kappa shape index (κ2) is 8.31. The molecule has 0 radical (unpaired) electrons. The number of β-amino-alcohol motifs (C(OH)–C–C–N with tert-alkyl or cyclic N) is 1. The van der Waals surface area contributed by atoms with Gasteiger partial charge >= 0.3 is 5.97 Å². The number of aliphatic hydroxyl groups excluding tert-OH is 1. The van der Waals surface area contributed by atoms with Crippen molar-refractivity contribution in [1.82, 2.24) is 9.29 Å². The molecule has 2 heterocycles. The Morgan fingerprint density at radius 3 is 2.71 bits per heavy atom. The quantitative estimate of drug-likeness (QED) is 0.644. The van der Waals surface area contributed by atoms with E-state index < -0.39 is 46.5 Å². The van der Waals surface area contributed by atoms with Crippen LogP contribution in [0, 0.1) is 5.82 Å². The van der Waals surface area contributed by atoms with E-state index in [4.69, 9.17) is 4.74 Å². The number of aromatic nitrogens is 1. The van der Waals surface area contributed by atoms with E-state index in [0.717, 1.165) is 28.6 Å². The molecule has 1 aliphatic rings. The number of anilines is 1. The molecule has 12 heteroatoms. The van der Waals surface area contributed by atoms with Crippen molar-refractivity contribution in [3.05, 3.63) is 41.7 Å². The number of rotatable bonds is 6. The Morgan fingerprint density at radius 1 is 1.36 bits per heavy atom. The molecular weight excluding hydrogens is 413 g/mol. The molecule has 0 spiro atoms. The van der Waals surface area contributed by atoms with E-state index in [9.17, 15) is 27.5 Å². The summed E-state index contributed by atoms with van der Waals surface area (Å²) in [6, 6.07) is 2.81. The Hall–Kier alpha value is -2.41. The van der Waals surface area contributed by atoms with Gasteiger partial charge < -0.3 is 9.84 Å². The summed E-state index contributed by atoms with van der Waals surface area (Å²) >= 11 is 1.18. The normalized spacial score (nSPS) is 20.1. The maximum atomic E-state index is 13.1. The maximum Gasteiger partial charge on any atom is 0.325 e. The molecule has 3 rings (SSSR count). The number of amides is 1. The summed E-state index contributed by atoms with van der Waals surface area (Å²) in [7, 11) is -4.17. The highest BCUT2D eigenvalue weighted by molar-refractivity contribution is 7.89. The highest BCUT2D eigenvalue weighted by Crippen LogP contribution is 2.27. The second-order valence-corrected chi connectivity index (χ2v) is 8.71. The highest BCUT2D eigenvalue weighted by atomic mass is 32.2. The fourth-order valence-corrected chi connectivity index (χ4v) is 4.85. The number of ether oxygens (including phenoxy) is 1. The number of hydrogen-bond donors (Lipinski definition) is 2. The predicted molar refractivity (Wildman–Crippen MR) is 96.4 cm³/mol. The van der Waals surface area contributed by atoms with Crippen LogP contribution in [0.2, 0.25) is 0 Å². The summed E-state index contributed by atoms with van der Waals surface area (Å²) < 4.78 is 44.3. The minimum absolute atomic E-state index is 0.173. The molecule has 1 saturated heterocycles. The molecule has 150 valence electrons. The van der Waals surface area contributed by atoms with Crippen LogP contribution in [0.4, 0.5) is 9.52 Å². The Kier molecular flexibility index (Phi) is 6.03. The largest absolute Gasteiger partial charge is 0.454 e. The lowest BCUT2D eigenvalue weighted by atomic mass is 10.2. The van der Waals surface area contributed by atoms with Crippen molar-refractivity contribution in [2.24, 2.45) is 0 Å². The molecule has 2 N–H and O–H groups in total. The number of benzene rings is 1. The first kappa shape index (κ1) is 20.3. The summed E-state index contributed by atoms with van der Waals surface area (Å²) in [6.07, 6.45) is 0.245. The Morgan fingerprint density at radius 2 is 2.07 bits per heavy atom. The Labute approximate surface area is 163 Å². The van der Waals surface area contributed by atoms with Crippen LogP contribution in [-0.4, -0.2) is 60.0 Å². The molecule has 1 amide bonds. The molecular formula is C16H16FN3O6S2. The minimum atomic E-state index is -4.17. The molecule has 28 heavy (non-hydrogen) atoms. The standard InChI is InChI=1S/C16H16FN3O6S2/c17-10-1-3-12(4-2-10)28(24,25)20-8-11(21)7-13(20)15(23)26-9-14(22)19-16-18-5-6-27-16/h1-6,11,13,21H,7-9H2,(H,18,19,22)/t11-,13+/m0/s1. The molecule has 1 aliphatic heterocycles. The van der Waals surface area contributed by atoms with E-state index in [1.807, 2.05) is 0 Å². The average molecular weight is 429 g/mol. The van der Waals surface area contributed by atoms with Gasteiger partial charge in [0.05, 0.1) is 11.0 Å². The molecule has 9 nitrogen and oxygen atoms in total. The Bertz CT molecular complexity index is 949. The number of esters is 1. The lowest BCUT2D eigenvalue weighted by molar-refractivity contribution is -0.150. The number of nitrogens with zero attached hydrogens (tertiary/aromatic N) is 2. The third-order valence-corrected chi connectivity index (χ3v) is 6.53. The summed E-state index contributed by atoms with van der Waals surface area (Å²) in [5, 5.41) is 14.3. The van der Waals surface area contributed by atoms with E-state index in [-0.39, 0.29) is 17.9 Å². The number of aliphatic hydroxyl groups is 1.